The van der Waals surface area contributed by atoms with Crippen LogP contribution in [0.15, 0.2) is 285 Å². The molecule has 0 atom stereocenters. The van der Waals surface area contributed by atoms with Crippen LogP contribution in [0.1, 0.15) is 11.1 Å². The van der Waals surface area contributed by atoms with Crippen molar-refractivity contribution in [1.82, 2.24) is 0 Å². The third kappa shape index (κ3) is 6.88. The molecule has 0 amide bonds. The van der Waals surface area contributed by atoms with Gasteiger partial charge in [0.25, 0.3) is 6.71 Å². The molecule has 19 rings (SSSR count). The molecule has 0 radical (unpaired) electrons. The molecule has 17 aromatic rings. The van der Waals surface area contributed by atoms with Crippen molar-refractivity contribution in [2.45, 2.75) is 13.8 Å². The highest BCUT2D eigenvalue weighted by Crippen LogP contribution is 2.54. The van der Waals surface area contributed by atoms with Gasteiger partial charge in [0.1, 0.15) is 0 Å². The van der Waals surface area contributed by atoms with Crippen molar-refractivity contribution in [1.29, 1.82) is 0 Å². The molecule has 0 aromatic heterocycles. The molecule has 0 fully saturated rings. The molecule has 2 nitrogen and oxygen atoms in total. The Kier molecular flexibility index (Phi) is 10.2. The number of anilines is 6. The van der Waals surface area contributed by atoms with Crippen molar-refractivity contribution in [3.05, 3.63) is 296 Å². The lowest BCUT2D eigenvalue weighted by Crippen LogP contribution is -2.61. The van der Waals surface area contributed by atoms with Gasteiger partial charge in [0.15, 0.2) is 0 Å². The van der Waals surface area contributed by atoms with Crippen LogP contribution in [0.5, 0.6) is 0 Å². The van der Waals surface area contributed by atoms with E-state index < -0.39 is 0 Å². The Morgan fingerprint density at radius 1 is 0.253 bits per heavy atom. The van der Waals surface area contributed by atoms with Gasteiger partial charge in [-0.2, -0.15) is 0 Å². The van der Waals surface area contributed by atoms with Gasteiger partial charge in [-0.05, 0) is 198 Å². The van der Waals surface area contributed by atoms with Crippen molar-refractivity contribution >= 4 is 143 Å². The monoisotopic (exact) mass is 1100 g/mol. The average molecular weight is 1100 g/mol. The first kappa shape index (κ1) is 48.4. The van der Waals surface area contributed by atoms with Gasteiger partial charge in [-0.3, -0.25) is 0 Å². The molecule has 2 heterocycles. The van der Waals surface area contributed by atoms with Crippen LogP contribution in [-0.2, 0) is 0 Å². The summed E-state index contributed by atoms with van der Waals surface area (Å²) < 4.78 is 0. The van der Waals surface area contributed by atoms with E-state index in [1.165, 1.54) is 181 Å². The van der Waals surface area contributed by atoms with Crippen LogP contribution in [0.25, 0.3) is 131 Å². The summed E-state index contributed by atoms with van der Waals surface area (Å²) in [7, 11) is 0. The predicted molar refractivity (Wildman–Crippen MR) is 374 cm³/mol. The number of aryl methyl sites for hydroxylation is 2. The zero-order valence-electron chi connectivity index (χ0n) is 48.1. The highest BCUT2D eigenvalue weighted by molar-refractivity contribution is 7.01. The van der Waals surface area contributed by atoms with Crippen LogP contribution in [0.4, 0.5) is 34.1 Å². The van der Waals surface area contributed by atoms with Crippen LogP contribution >= 0.6 is 0 Å². The highest BCUT2D eigenvalue weighted by atomic mass is 15.2. The fourth-order valence-corrected chi connectivity index (χ4v) is 16.1. The van der Waals surface area contributed by atoms with E-state index in [2.05, 4.69) is 309 Å². The molecule has 0 saturated heterocycles. The Morgan fingerprint density at radius 3 is 0.989 bits per heavy atom. The lowest BCUT2D eigenvalue weighted by atomic mass is 9.33. The lowest BCUT2D eigenvalue weighted by molar-refractivity contribution is 1.26. The van der Waals surface area contributed by atoms with Crippen LogP contribution < -0.4 is 26.2 Å². The molecule has 402 valence electrons. The summed E-state index contributed by atoms with van der Waals surface area (Å²) in [5, 5.41) is 20.6. The summed E-state index contributed by atoms with van der Waals surface area (Å²) in [4.78, 5) is 5.33. The van der Waals surface area contributed by atoms with E-state index in [-0.39, 0.29) is 6.71 Å². The van der Waals surface area contributed by atoms with E-state index >= 15 is 0 Å². The quantitative estimate of drug-likeness (QED) is 0.0930. The lowest BCUT2D eigenvalue weighted by Gasteiger charge is -2.45. The topological polar surface area (TPSA) is 6.48 Å². The van der Waals surface area contributed by atoms with Gasteiger partial charge in [-0.15, -0.1) is 0 Å². The van der Waals surface area contributed by atoms with Gasteiger partial charge in [0.2, 0.25) is 0 Å². The maximum Gasteiger partial charge on any atom is 0.252 e. The fourth-order valence-electron chi connectivity index (χ4n) is 16.1. The first-order valence-corrected chi connectivity index (χ1v) is 30.5. The number of fused-ring (bicyclic) bond motifs is 10. The second-order valence-electron chi connectivity index (χ2n) is 24.3. The molecule has 0 unspecified atom stereocenters. The van der Waals surface area contributed by atoms with E-state index in [1.54, 1.807) is 0 Å². The van der Waals surface area contributed by atoms with Crippen molar-refractivity contribution in [3.63, 3.8) is 0 Å². The molecule has 0 aliphatic carbocycles. The highest BCUT2D eigenvalue weighted by Gasteiger charge is 2.46. The van der Waals surface area contributed by atoms with Gasteiger partial charge in [0, 0.05) is 44.9 Å². The molecule has 17 aromatic carbocycles. The van der Waals surface area contributed by atoms with E-state index in [0.29, 0.717) is 0 Å². The molecule has 3 heteroatoms. The number of hydrogen-bond acceptors (Lipinski definition) is 2. The Morgan fingerprint density at radius 2 is 0.586 bits per heavy atom. The molecule has 0 spiro atoms. The third-order valence-corrected chi connectivity index (χ3v) is 19.7. The summed E-state index contributed by atoms with van der Waals surface area (Å²) in [6, 6.07) is 108. The molecule has 0 saturated carbocycles. The molecular formula is C84H53BN2. The van der Waals surface area contributed by atoms with Crippen molar-refractivity contribution in [2.75, 3.05) is 9.80 Å². The number of nitrogens with zero attached hydrogens (tertiary/aromatic N) is 2. The largest absolute Gasteiger partial charge is 0.311 e. The minimum atomic E-state index is -0.183. The Bertz CT molecular complexity index is 5360. The summed E-state index contributed by atoms with van der Waals surface area (Å²) in [5.41, 5.74) is 23.1. The fraction of sp³-hybridized carbons (Fsp3) is 0.0238. The molecule has 0 N–H and O–H groups in total. The number of rotatable bonds is 6. The van der Waals surface area contributed by atoms with Crippen LogP contribution in [0.3, 0.4) is 0 Å². The molecule has 2 aliphatic rings. The van der Waals surface area contributed by atoms with Crippen LogP contribution in [-0.4, -0.2) is 6.71 Å². The second-order valence-corrected chi connectivity index (χ2v) is 24.3. The molecule has 2 aliphatic heterocycles. The van der Waals surface area contributed by atoms with Crippen LogP contribution in [0.2, 0.25) is 0 Å². The normalized spacial score (nSPS) is 12.9. The standard InChI is InChI=1S/C84H53BN2/c1-50-44-59(54-22-10-5-11-23-54)45-51(2)77(50)60-46-75-82-76(47-60)87(62-42-38-56(39-43-62)53-20-8-4-9-21-53)84-70-35-17-33-66-64-29-13-25-58-27-15-31-68(79(58)64)72(81(66)70)49-74(84)85(82)73-48-71-67-30-14-26-57-24-12-28-63(78(57)67)65-32-16-34-69(80(65)71)83(73)86(75)61-40-36-55(37-41-61)52-18-6-3-7-19-52/h3-49H,1-2H3. The van der Waals surface area contributed by atoms with Gasteiger partial charge < -0.3 is 9.80 Å². The zero-order chi connectivity index (χ0) is 57.2. The smallest absolute Gasteiger partial charge is 0.252 e. The number of benzene rings is 17. The Labute approximate surface area is 504 Å². The van der Waals surface area contributed by atoms with Crippen molar-refractivity contribution in [3.8, 4) is 44.5 Å². The molecule has 87 heavy (non-hydrogen) atoms. The Balaban J connectivity index is 1.000. The van der Waals surface area contributed by atoms with E-state index in [1.807, 2.05) is 0 Å². The van der Waals surface area contributed by atoms with E-state index in [4.69, 9.17) is 0 Å². The first-order chi connectivity index (χ1) is 43.0. The van der Waals surface area contributed by atoms with Crippen molar-refractivity contribution < 1.29 is 0 Å². The first-order valence-electron chi connectivity index (χ1n) is 30.5. The van der Waals surface area contributed by atoms with Gasteiger partial charge in [-0.1, -0.05) is 249 Å². The SMILES string of the molecule is Cc1cc(-c2ccccc2)cc(C)c1-c1cc2c3c(c1)N(c1ccc(-c4ccccc4)cc1)c1c(cc4c5cccc6cccc(c7cccc1c74)c65)B3c1cc3c4cccc5cccc(c6cccc(c1N2c1ccc(-c2ccccc2)cc1)c63)c54. The minimum Gasteiger partial charge on any atom is -0.311 e. The maximum absolute atomic E-state index is 2.66. The summed E-state index contributed by atoms with van der Waals surface area (Å²) in [6.45, 7) is 4.44. The second kappa shape index (κ2) is 18.3. The van der Waals surface area contributed by atoms with Crippen molar-refractivity contribution in [2.24, 2.45) is 0 Å². The van der Waals surface area contributed by atoms with E-state index in [0.717, 1.165) is 11.4 Å². The Hall–Kier alpha value is -11.0. The summed E-state index contributed by atoms with van der Waals surface area (Å²) in [5.74, 6) is 0. The number of hydrogen-bond donors (Lipinski definition) is 0. The summed E-state index contributed by atoms with van der Waals surface area (Å²) >= 11 is 0. The maximum atomic E-state index is 2.66. The molecular weight excluding hydrogens is 1050 g/mol. The molecule has 0 bridgehead atoms. The average Bonchev–Trinajstić information content (AvgIpc) is 0.694. The van der Waals surface area contributed by atoms with Crippen LogP contribution in [0, 0.1) is 13.8 Å². The zero-order valence-corrected chi connectivity index (χ0v) is 48.1. The predicted octanol–water partition coefficient (Wildman–Crippen LogP) is 21.2. The summed E-state index contributed by atoms with van der Waals surface area (Å²) in [6.07, 6.45) is 0. The van der Waals surface area contributed by atoms with Gasteiger partial charge >= 0.3 is 0 Å². The third-order valence-electron chi connectivity index (χ3n) is 19.7. The van der Waals surface area contributed by atoms with Gasteiger partial charge in [0.05, 0.1) is 0 Å². The van der Waals surface area contributed by atoms with E-state index in [9.17, 15) is 0 Å². The minimum absolute atomic E-state index is 0.183. The van der Waals surface area contributed by atoms with Gasteiger partial charge in [-0.25, -0.2) is 0 Å².